The first-order valence-electron chi connectivity index (χ1n) is 6.53. The lowest BCUT2D eigenvalue weighted by Crippen LogP contribution is -2.34. The molecule has 0 aliphatic carbocycles. The van der Waals surface area contributed by atoms with E-state index in [-0.39, 0.29) is 24.6 Å². The first kappa shape index (κ1) is 16.4. The quantitative estimate of drug-likeness (QED) is 0.518. The van der Waals surface area contributed by atoms with E-state index in [1.54, 1.807) is 18.2 Å². The van der Waals surface area contributed by atoms with Gasteiger partial charge in [0, 0.05) is 19.9 Å². The SMILES string of the molecule is CC(=O)N/C(=C/c1ccccc1)C(=O)NCCCC(=O)O. The molecule has 2 amide bonds. The summed E-state index contributed by atoms with van der Waals surface area (Å²) in [5.41, 5.74) is 0.908. The highest BCUT2D eigenvalue weighted by atomic mass is 16.4. The molecule has 21 heavy (non-hydrogen) atoms. The van der Waals surface area contributed by atoms with Crippen LogP contribution in [0.1, 0.15) is 25.3 Å². The molecule has 0 fully saturated rings. The Kier molecular flexibility index (Phi) is 6.67. The Morgan fingerprint density at radius 3 is 2.43 bits per heavy atom. The highest BCUT2D eigenvalue weighted by Gasteiger charge is 2.10. The van der Waals surface area contributed by atoms with Crippen LogP contribution >= 0.6 is 0 Å². The van der Waals surface area contributed by atoms with Crippen molar-refractivity contribution in [3.05, 3.63) is 41.6 Å². The lowest BCUT2D eigenvalue weighted by Gasteiger charge is -2.09. The fourth-order valence-electron chi connectivity index (χ4n) is 1.60. The number of aliphatic carboxylic acids is 1. The predicted octanol–water partition coefficient (Wildman–Crippen LogP) is 1.14. The third-order valence-corrected chi connectivity index (χ3v) is 2.52. The summed E-state index contributed by atoms with van der Waals surface area (Å²) in [6.07, 6.45) is 1.88. The minimum atomic E-state index is -0.911. The number of hydrogen-bond acceptors (Lipinski definition) is 3. The van der Waals surface area contributed by atoms with Crippen molar-refractivity contribution < 1.29 is 19.5 Å². The van der Waals surface area contributed by atoms with E-state index in [9.17, 15) is 14.4 Å². The van der Waals surface area contributed by atoms with Gasteiger partial charge in [0.1, 0.15) is 5.70 Å². The summed E-state index contributed by atoms with van der Waals surface area (Å²) in [7, 11) is 0. The van der Waals surface area contributed by atoms with Crippen molar-refractivity contribution in [3.8, 4) is 0 Å². The van der Waals surface area contributed by atoms with E-state index in [4.69, 9.17) is 5.11 Å². The number of carboxylic acid groups (broad SMARTS) is 1. The highest BCUT2D eigenvalue weighted by Crippen LogP contribution is 2.05. The monoisotopic (exact) mass is 290 g/mol. The molecule has 3 N–H and O–H groups in total. The van der Waals surface area contributed by atoms with Gasteiger partial charge < -0.3 is 15.7 Å². The van der Waals surface area contributed by atoms with E-state index < -0.39 is 11.9 Å². The molecule has 0 saturated carbocycles. The normalized spacial score (nSPS) is 10.8. The van der Waals surface area contributed by atoms with Crippen LogP contribution in [0, 0.1) is 0 Å². The van der Waals surface area contributed by atoms with Crippen molar-refractivity contribution in [3.63, 3.8) is 0 Å². The Morgan fingerprint density at radius 1 is 1.19 bits per heavy atom. The van der Waals surface area contributed by atoms with Crippen molar-refractivity contribution in [2.75, 3.05) is 6.54 Å². The van der Waals surface area contributed by atoms with Gasteiger partial charge in [-0.1, -0.05) is 30.3 Å². The number of hydrogen-bond donors (Lipinski definition) is 3. The van der Waals surface area contributed by atoms with Crippen molar-refractivity contribution in [2.45, 2.75) is 19.8 Å². The third kappa shape index (κ3) is 6.91. The molecule has 0 aliphatic rings. The van der Waals surface area contributed by atoms with Gasteiger partial charge in [-0.05, 0) is 18.1 Å². The van der Waals surface area contributed by atoms with Gasteiger partial charge >= 0.3 is 5.97 Å². The summed E-state index contributed by atoms with van der Waals surface area (Å²) in [5.74, 6) is -1.71. The van der Waals surface area contributed by atoms with Gasteiger partial charge in [-0.2, -0.15) is 0 Å². The highest BCUT2D eigenvalue weighted by molar-refractivity contribution is 6.00. The fourth-order valence-corrected chi connectivity index (χ4v) is 1.60. The summed E-state index contributed by atoms with van der Waals surface area (Å²) in [5, 5.41) is 13.6. The Balaban J connectivity index is 2.69. The Labute approximate surface area is 122 Å². The van der Waals surface area contributed by atoms with Crippen molar-refractivity contribution in [1.29, 1.82) is 0 Å². The fraction of sp³-hybridized carbons (Fsp3) is 0.267. The van der Waals surface area contributed by atoms with Crippen LogP contribution in [0.5, 0.6) is 0 Å². The molecule has 1 aromatic carbocycles. The first-order valence-corrected chi connectivity index (χ1v) is 6.53. The van der Waals surface area contributed by atoms with Crippen LogP contribution in [0.4, 0.5) is 0 Å². The molecule has 0 spiro atoms. The topological polar surface area (TPSA) is 95.5 Å². The van der Waals surface area contributed by atoms with Crippen molar-refractivity contribution >= 4 is 23.9 Å². The molecule has 0 saturated heterocycles. The van der Waals surface area contributed by atoms with Gasteiger partial charge in [0.15, 0.2) is 0 Å². The van der Waals surface area contributed by atoms with Crippen LogP contribution in [-0.4, -0.2) is 29.4 Å². The number of carbonyl (C=O) groups excluding carboxylic acids is 2. The van der Waals surface area contributed by atoms with Crippen LogP contribution in [0.3, 0.4) is 0 Å². The second-order valence-electron chi connectivity index (χ2n) is 4.40. The molecule has 1 aromatic rings. The Bertz CT molecular complexity index is 538. The number of carbonyl (C=O) groups is 3. The van der Waals surface area contributed by atoms with Gasteiger partial charge in [-0.15, -0.1) is 0 Å². The van der Waals surface area contributed by atoms with E-state index in [1.165, 1.54) is 6.92 Å². The maximum Gasteiger partial charge on any atom is 0.303 e. The molecule has 0 atom stereocenters. The van der Waals surface area contributed by atoms with Gasteiger partial charge in [-0.3, -0.25) is 14.4 Å². The lowest BCUT2D eigenvalue weighted by atomic mass is 10.2. The van der Waals surface area contributed by atoms with Crippen LogP contribution in [0.2, 0.25) is 0 Å². The number of amides is 2. The molecule has 6 nitrogen and oxygen atoms in total. The molecule has 112 valence electrons. The lowest BCUT2D eigenvalue weighted by molar-refractivity contribution is -0.137. The number of rotatable bonds is 7. The van der Waals surface area contributed by atoms with Crippen molar-refractivity contribution in [2.24, 2.45) is 0 Å². The maximum absolute atomic E-state index is 12.0. The number of benzene rings is 1. The first-order chi connectivity index (χ1) is 9.99. The maximum atomic E-state index is 12.0. The van der Waals surface area contributed by atoms with Crippen molar-refractivity contribution in [1.82, 2.24) is 10.6 Å². The summed E-state index contributed by atoms with van der Waals surface area (Å²) >= 11 is 0. The Morgan fingerprint density at radius 2 is 1.86 bits per heavy atom. The number of nitrogens with one attached hydrogen (secondary N) is 2. The van der Waals surface area contributed by atoms with E-state index in [1.807, 2.05) is 18.2 Å². The van der Waals surface area contributed by atoms with Gasteiger partial charge in [0.05, 0.1) is 0 Å². The molecule has 0 radical (unpaired) electrons. The summed E-state index contributed by atoms with van der Waals surface area (Å²) < 4.78 is 0. The minimum Gasteiger partial charge on any atom is -0.481 e. The van der Waals surface area contributed by atoms with E-state index in [2.05, 4.69) is 10.6 Å². The molecule has 6 heteroatoms. The summed E-state index contributed by atoms with van der Waals surface area (Å²) in [6, 6.07) is 9.10. The average molecular weight is 290 g/mol. The van der Waals surface area contributed by atoms with Gasteiger partial charge in [-0.25, -0.2) is 0 Å². The molecular weight excluding hydrogens is 272 g/mol. The molecule has 1 rings (SSSR count). The Hall–Kier alpha value is -2.63. The van der Waals surface area contributed by atoms with Crippen LogP contribution < -0.4 is 10.6 Å². The second-order valence-corrected chi connectivity index (χ2v) is 4.40. The second kappa shape index (κ2) is 8.52. The van der Waals surface area contributed by atoms with E-state index in [0.29, 0.717) is 6.42 Å². The zero-order chi connectivity index (χ0) is 15.7. The summed E-state index contributed by atoms with van der Waals surface area (Å²) in [6.45, 7) is 1.55. The molecule has 0 aliphatic heterocycles. The minimum absolute atomic E-state index is 0.0157. The van der Waals surface area contributed by atoms with E-state index >= 15 is 0 Å². The zero-order valence-electron chi connectivity index (χ0n) is 11.8. The van der Waals surface area contributed by atoms with Crippen LogP contribution in [0.25, 0.3) is 6.08 Å². The molecule has 0 aromatic heterocycles. The van der Waals surface area contributed by atoms with E-state index in [0.717, 1.165) is 5.56 Å². The van der Waals surface area contributed by atoms with Crippen LogP contribution in [-0.2, 0) is 14.4 Å². The summed E-state index contributed by atoms with van der Waals surface area (Å²) in [4.78, 5) is 33.5. The smallest absolute Gasteiger partial charge is 0.303 e. The predicted molar refractivity (Wildman–Crippen MR) is 78.1 cm³/mol. The standard InChI is InChI=1S/C15H18N2O4/c1-11(18)17-13(10-12-6-3-2-4-7-12)15(21)16-9-5-8-14(19)20/h2-4,6-7,10H,5,8-9H2,1H3,(H,16,21)(H,17,18)(H,19,20)/b13-10+. The largest absolute Gasteiger partial charge is 0.481 e. The van der Waals surface area contributed by atoms with Gasteiger partial charge in [0.2, 0.25) is 5.91 Å². The van der Waals surface area contributed by atoms with Gasteiger partial charge in [0.25, 0.3) is 5.91 Å². The van der Waals surface area contributed by atoms with Crippen LogP contribution in [0.15, 0.2) is 36.0 Å². The molecular formula is C15H18N2O4. The zero-order valence-corrected chi connectivity index (χ0v) is 11.8. The molecule has 0 heterocycles. The molecule has 0 unspecified atom stereocenters. The third-order valence-electron chi connectivity index (χ3n) is 2.52. The molecule has 0 bridgehead atoms. The average Bonchev–Trinajstić information content (AvgIpc) is 2.43. The number of carboxylic acids is 1.